The summed E-state index contributed by atoms with van der Waals surface area (Å²) >= 11 is 0. The van der Waals surface area contributed by atoms with Gasteiger partial charge in [0.1, 0.15) is 0 Å². The average Bonchev–Trinajstić information content (AvgIpc) is 3.24. The van der Waals surface area contributed by atoms with Crippen molar-refractivity contribution in [3.8, 4) is 11.3 Å². The highest BCUT2D eigenvalue weighted by Gasteiger charge is 2.12. The van der Waals surface area contributed by atoms with Gasteiger partial charge in [0, 0.05) is 61.7 Å². The number of aryl methyl sites for hydroxylation is 1. The molecule has 1 aliphatic heterocycles. The van der Waals surface area contributed by atoms with Gasteiger partial charge in [-0.1, -0.05) is 23.8 Å². The minimum atomic E-state index is 0.754. The van der Waals surface area contributed by atoms with E-state index in [1.54, 1.807) is 6.20 Å². The predicted molar refractivity (Wildman–Crippen MR) is 118 cm³/mol. The monoisotopic (exact) mass is 384 g/mol. The summed E-state index contributed by atoms with van der Waals surface area (Å²) in [5.74, 6) is 0.754. The molecule has 4 aromatic rings. The smallest absolute Gasteiger partial charge is 0.180 e. The van der Waals surface area contributed by atoms with E-state index in [0.717, 1.165) is 54.6 Å². The average molecular weight is 384 g/mol. The molecule has 146 valence electrons. The van der Waals surface area contributed by atoms with Gasteiger partial charge < -0.3 is 19.9 Å². The Hall–Kier alpha value is -3.38. The van der Waals surface area contributed by atoms with Crippen LogP contribution in [0.25, 0.3) is 16.9 Å². The van der Waals surface area contributed by atoms with Crippen LogP contribution in [-0.4, -0.2) is 40.5 Å². The molecule has 0 amide bonds. The van der Waals surface area contributed by atoms with Crippen molar-refractivity contribution in [2.24, 2.45) is 0 Å². The molecule has 0 bridgehead atoms. The highest BCUT2D eigenvalue weighted by atomic mass is 15.2. The van der Waals surface area contributed by atoms with Crippen LogP contribution in [0.5, 0.6) is 0 Å². The molecule has 6 nitrogen and oxygen atoms in total. The summed E-state index contributed by atoms with van der Waals surface area (Å²) in [6, 6.07) is 16.9. The maximum Gasteiger partial charge on any atom is 0.180 e. The predicted octanol–water partition coefficient (Wildman–Crippen LogP) is 3.86. The molecule has 29 heavy (non-hydrogen) atoms. The second-order valence-electron chi connectivity index (χ2n) is 7.41. The number of imidazole rings is 1. The van der Waals surface area contributed by atoms with Crippen LogP contribution in [0.2, 0.25) is 0 Å². The lowest BCUT2D eigenvalue weighted by molar-refractivity contribution is 0.589. The van der Waals surface area contributed by atoms with Gasteiger partial charge in [-0.3, -0.25) is 0 Å². The van der Waals surface area contributed by atoms with E-state index in [0.29, 0.717) is 0 Å². The summed E-state index contributed by atoms with van der Waals surface area (Å²) in [5.41, 5.74) is 6.30. The molecule has 1 fully saturated rings. The Morgan fingerprint density at radius 1 is 1.03 bits per heavy atom. The topological polar surface area (TPSA) is 57.5 Å². The second kappa shape index (κ2) is 7.56. The van der Waals surface area contributed by atoms with Crippen molar-refractivity contribution in [2.45, 2.75) is 6.92 Å². The van der Waals surface area contributed by atoms with Crippen LogP contribution >= 0.6 is 0 Å². The molecule has 3 heterocycles. The summed E-state index contributed by atoms with van der Waals surface area (Å²) in [4.78, 5) is 11.8. The van der Waals surface area contributed by atoms with Crippen molar-refractivity contribution >= 4 is 22.8 Å². The fraction of sp³-hybridized carbons (Fsp3) is 0.217. The van der Waals surface area contributed by atoms with Crippen LogP contribution in [0.15, 0.2) is 67.1 Å². The van der Waals surface area contributed by atoms with Gasteiger partial charge in [-0.15, -0.1) is 0 Å². The first-order valence-corrected chi connectivity index (χ1v) is 10.00. The standard InChI is InChI=1S/C23H24N6/c1-17-3-2-4-18(15-17)21-16-29-14-11-25-23(29)22(27-21)26-19-5-7-20(8-6-19)28-12-9-24-10-13-28/h2-8,11,14-16,24H,9-10,12-13H2,1H3,(H,26,27). The lowest BCUT2D eigenvalue weighted by Gasteiger charge is -2.29. The first-order chi connectivity index (χ1) is 14.3. The third-order valence-corrected chi connectivity index (χ3v) is 5.30. The molecule has 0 atom stereocenters. The van der Waals surface area contributed by atoms with E-state index in [1.807, 2.05) is 16.8 Å². The quantitative estimate of drug-likeness (QED) is 0.560. The molecule has 0 spiro atoms. The van der Waals surface area contributed by atoms with E-state index in [9.17, 15) is 0 Å². The zero-order valence-electron chi connectivity index (χ0n) is 16.5. The minimum absolute atomic E-state index is 0.754. The van der Waals surface area contributed by atoms with Crippen LogP contribution in [0.1, 0.15) is 5.56 Å². The largest absolute Gasteiger partial charge is 0.369 e. The van der Waals surface area contributed by atoms with Crippen LogP contribution in [-0.2, 0) is 0 Å². The summed E-state index contributed by atoms with van der Waals surface area (Å²) in [5, 5.41) is 6.86. The number of aromatic nitrogens is 3. The lowest BCUT2D eigenvalue weighted by atomic mass is 10.1. The van der Waals surface area contributed by atoms with Crippen molar-refractivity contribution < 1.29 is 0 Å². The van der Waals surface area contributed by atoms with Gasteiger partial charge in [0.05, 0.1) is 5.69 Å². The van der Waals surface area contributed by atoms with E-state index in [2.05, 4.69) is 76.0 Å². The Balaban J connectivity index is 1.46. The highest BCUT2D eigenvalue weighted by molar-refractivity contribution is 5.74. The molecular weight excluding hydrogens is 360 g/mol. The van der Waals surface area contributed by atoms with Crippen LogP contribution in [0.3, 0.4) is 0 Å². The van der Waals surface area contributed by atoms with Gasteiger partial charge in [-0.25, -0.2) is 9.97 Å². The third kappa shape index (κ3) is 3.67. The van der Waals surface area contributed by atoms with Gasteiger partial charge >= 0.3 is 0 Å². The Labute approximate surface area is 170 Å². The molecule has 0 unspecified atom stereocenters. The van der Waals surface area contributed by atoms with E-state index < -0.39 is 0 Å². The molecule has 0 aliphatic carbocycles. The summed E-state index contributed by atoms with van der Waals surface area (Å²) < 4.78 is 2.02. The molecule has 6 heteroatoms. The van der Waals surface area contributed by atoms with E-state index in [-0.39, 0.29) is 0 Å². The molecule has 0 radical (unpaired) electrons. The van der Waals surface area contributed by atoms with Crippen molar-refractivity contribution in [1.82, 2.24) is 19.7 Å². The number of benzene rings is 2. The van der Waals surface area contributed by atoms with E-state index >= 15 is 0 Å². The zero-order valence-corrected chi connectivity index (χ0v) is 16.5. The van der Waals surface area contributed by atoms with Crippen molar-refractivity contribution in [2.75, 3.05) is 36.4 Å². The van der Waals surface area contributed by atoms with Crippen molar-refractivity contribution in [3.63, 3.8) is 0 Å². The first kappa shape index (κ1) is 17.7. The van der Waals surface area contributed by atoms with Gasteiger partial charge in [0.15, 0.2) is 11.5 Å². The number of rotatable bonds is 4. The molecular formula is C23H24N6. The Morgan fingerprint density at radius 2 is 1.86 bits per heavy atom. The molecule has 2 N–H and O–H groups in total. The van der Waals surface area contributed by atoms with Crippen LogP contribution in [0.4, 0.5) is 17.2 Å². The molecule has 0 saturated carbocycles. The van der Waals surface area contributed by atoms with Crippen LogP contribution < -0.4 is 15.5 Å². The highest BCUT2D eigenvalue weighted by Crippen LogP contribution is 2.26. The number of fused-ring (bicyclic) bond motifs is 1. The Kier molecular flexibility index (Phi) is 4.62. The normalized spacial score (nSPS) is 14.3. The summed E-state index contributed by atoms with van der Waals surface area (Å²) in [6.07, 6.45) is 5.78. The SMILES string of the molecule is Cc1cccc(-c2cn3ccnc3c(Nc3ccc(N4CCNCC4)cc3)n2)c1. The van der Waals surface area contributed by atoms with Gasteiger partial charge in [0.2, 0.25) is 0 Å². The van der Waals surface area contributed by atoms with Gasteiger partial charge in [-0.05, 0) is 37.3 Å². The zero-order chi connectivity index (χ0) is 19.6. The molecule has 2 aromatic heterocycles. The third-order valence-electron chi connectivity index (χ3n) is 5.30. The first-order valence-electron chi connectivity index (χ1n) is 10.00. The number of nitrogens with one attached hydrogen (secondary N) is 2. The van der Waals surface area contributed by atoms with Crippen LogP contribution in [0, 0.1) is 6.92 Å². The minimum Gasteiger partial charge on any atom is -0.369 e. The number of hydrogen-bond acceptors (Lipinski definition) is 5. The van der Waals surface area contributed by atoms with Crippen molar-refractivity contribution in [1.29, 1.82) is 0 Å². The lowest BCUT2D eigenvalue weighted by Crippen LogP contribution is -2.43. The number of nitrogens with zero attached hydrogens (tertiary/aromatic N) is 4. The van der Waals surface area contributed by atoms with Crippen molar-refractivity contribution in [3.05, 3.63) is 72.7 Å². The van der Waals surface area contributed by atoms with E-state index in [4.69, 9.17) is 4.98 Å². The van der Waals surface area contributed by atoms with E-state index in [1.165, 1.54) is 11.3 Å². The fourth-order valence-corrected chi connectivity index (χ4v) is 3.77. The second-order valence-corrected chi connectivity index (χ2v) is 7.41. The Bertz CT molecular complexity index is 1130. The van der Waals surface area contributed by atoms with Gasteiger partial charge in [0.25, 0.3) is 0 Å². The summed E-state index contributed by atoms with van der Waals surface area (Å²) in [6.45, 7) is 6.25. The maximum absolute atomic E-state index is 4.88. The molecule has 5 rings (SSSR count). The number of hydrogen-bond donors (Lipinski definition) is 2. The summed E-state index contributed by atoms with van der Waals surface area (Å²) in [7, 11) is 0. The molecule has 1 saturated heterocycles. The molecule has 1 aliphatic rings. The van der Waals surface area contributed by atoms with Gasteiger partial charge in [-0.2, -0.15) is 0 Å². The molecule has 2 aromatic carbocycles. The Morgan fingerprint density at radius 3 is 2.66 bits per heavy atom. The maximum atomic E-state index is 4.88. The number of anilines is 3. The fourth-order valence-electron chi connectivity index (χ4n) is 3.77. The number of piperazine rings is 1.